The third-order valence-electron chi connectivity index (χ3n) is 1.93. The van der Waals surface area contributed by atoms with Crippen LogP contribution in [-0.4, -0.2) is 10.7 Å². The molecule has 1 nitrogen and oxygen atoms in total. The molecule has 0 aliphatic heterocycles. The highest BCUT2D eigenvalue weighted by Crippen LogP contribution is 2.26. The van der Waals surface area contributed by atoms with E-state index >= 15 is 0 Å². The molecule has 0 amide bonds. The SMILES string of the molecule is CC.CC1(O)CCCCC1. The molecular formula is C9H20O. The maximum Gasteiger partial charge on any atom is 0.0619 e. The quantitative estimate of drug-likeness (QED) is 0.554. The van der Waals surface area contributed by atoms with Gasteiger partial charge >= 0.3 is 0 Å². The van der Waals surface area contributed by atoms with Gasteiger partial charge in [0.2, 0.25) is 0 Å². The van der Waals surface area contributed by atoms with Crippen LogP contribution in [0.1, 0.15) is 52.9 Å². The Morgan fingerprint density at radius 2 is 1.40 bits per heavy atom. The Hall–Kier alpha value is -0.0400. The van der Waals surface area contributed by atoms with Crippen LogP contribution in [0.3, 0.4) is 0 Å². The molecular weight excluding hydrogens is 124 g/mol. The van der Waals surface area contributed by atoms with E-state index in [1.54, 1.807) is 0 Å². The highest BCUT2D eigenvalue weighted by atomic mass is 16.3. The van der Waals surface area contributed by atoms with Gasteiger partial charge in [0.05, 0.1) is 5.60 Å². The van der Waals surface area contributed by atoms with Crippen molar-refractivity contribution in [2.24, 2.45) is 0 Å². The van der Waals surface area contributed by atoms with Crippen molar-refractivity contribution in [2.45, 2.75) is 58.5 Å². The van der Waals surface area contributed by atoms with E-state index in [1.807, 2.05) is 20.8 Å². The molecule has 1 N–H and O–H groups in total. The predicted octanol–water partition coefficient (Wildman–Crippen LogP) is 2.73. The number of hydrogen-bond acceptors (Lipinski definition) is 1. The van der Waals surface area contributed by atoms with Crippen molar-refractivity contribution in [3.05, 3.63) is 0 Å². The zero-order valence-corrected chi connectivity index (χ0v) is 7.48. The van der Waals surface area contributed by atoms with Crippen LogP contribution in [0.5, 0.6) is 0 Å². The normalized spacial score (nSPS) is 22.8. The first kappa shape index (κ1) is 9.96. The minimum Gasteiger partial charge on any atom is -0.390 e. The van der Waals surface area contributed by atoms with Crippen molar-refractivity contribution in [3.63, 3.8) is 0 Å². The van der Waals surface area contributed by atoms with Crippen molar-refractivity contribution in [3.8, 4) is 0 Å². The molecule has 0 radical (unpaired) electrons. The highest BCUT2D eigenvalue weighted by Gasteiger charge is 2.22. The zero-order chi connectivity index (χ0) is 8.04. The lowest BCUT2D eigenvalue weighted by Gasteiger charge is -2.27. The molecule has 62 valence electrons. The van der Waals surface area contributed by atoms with Gasteiger partial charge in [-0.2, -0.15) is 0 Å². The van der Waals surface area contributed by atoms with Gasteiger partial charge in [-0.1, -0.05) is 33.1 Å². The molecule has 0 saturated heterocycles. The standard InChI is InChI=1S/C7H14O.C2H6/c1-7(8)5-3-2-4-6-7;1-2/h8H,2-6H2,1H3;1-2H3. The lowest BCUT2D eigenvalue weighted by Crippen LogP contribution is -2.26. The fourth-order valence-electron chi connectivity index (χ4n) is 1.31. The molecule has 0 bridgehead atoms. The van der Waals surface area contributed by atoms with Crippen LogP contribution >= 0.6 is 0 Å². The minimum atomic E-state index is -0.321. The average Bonchev–Trinajstić information content (AvgIpc) is 1.92. The van der Waals surface area contributed by atoms with Crippen molar-refractivity contribution in [2.75, 3.05) is 0 Å². The first-order chi connectivity index (χ1) is 4.71. The van der Waals surface area contributed by atoms with Crippen molar-refractivity contribution in [1.82, 2.24) is 0 Å². The van der Waals surface area contributed by atoms with E-state index in [-0.39, 0.29) is 5.60 Å². The van der Waals surface area contributed by atoms with Gasteiger partial charge in [0, 0.05) is 0 Å². The molecule has 0 heterocycles. The van der Waals surface area contributed by atoms with E-state index in [0.29, 0.717) is 0 Å². The van der Waals surface area contributed by atoms with Gasteiger partial charge in [0.25, 0.3) is 0 Å². The Morgan fingerprint density at radius 1 is 1.00 bits per heavy atom. The first-order valence-corrected chi connectivity index (χ1v) is 4.43. The summed E-state index contributed by atoms with van der Waals surface area (Å²) in [6.07, 6.45) is 5.76. The number of aliphatic hydroxyl groups is 1. The Kier molecular flexibility index (Phi) is 4.71. The Bertz CT molecular complexity index is 68.8. The molecule has 0 unspecified atom stereocenters. The molecule has 0 spiro atoms. The largest absolute Gasteiger partial charge is 0.390 e. The maximum absolute atomic E-state index is 9.37. The molecule has 0 atom stereocenters. The number of hydrogen-bond donors (Lipinski definition) is 1. The van der Waals surface area contributed by atoms with E-state index in [0.717, 1.165) is 12.8 Å². The Morgan fingerprint density at radius 3 is 1.60 bits per heavy atom. The van der Waals surface area contributed by atoms with Gasteiger partial charge in [-0.3, -0.25) is 0 Å². The molecule has 0 aromatic carbocycles. The molecule has 1 aliphatic rings. The van der Waals surface area contributed by atoms with E-state index in [1.165, 1.54) is 19.3 Å². The van der Waals surface area contributed by atoms with E-state index in [2.05, 4.69) is 0 Å². The summed E-state index contributed by atoms with van der Waals surface area (Å²) in [5, 5.41) is 9.37. The van der Waals surface area contributed by atoms with Crippen LogP contribution < -0.4 is 0 Å². The monoisotopic (exact) mass is 144 g/mol. The summed E-state index contributed by atoms with van der Waals surface area (Å²) in [7, 11) is 0. The summed E-state index contributed by atoms with van der Waals surface area (Å²) in [5.74, 6) is 0. The summed E-state index contributed by atoms with van der Waals surface area (Å²) in [5.41, 5.74) is -0.321. The van der Waals surface area contributed by atoms with Gasteiger partial charge in [-0.05, 0) is 19.8 Å². The third kappa shape index (κ3) is 3.89. The van der Waals surface area contributed by atoms with E-state index in [4.69, 9.17) is 0 Å². The first-order valence-electron chi connectivity index (χ1n) is 4.43. The molecule has 0 aromatic heterocycles. The minimum absolute atomic E-state index is 0.321. The third-order valence-corrected chi connectivity index (χ3v) is 1.93. The summed E-state index contributed by atoms with van der Waals surface area (Å²) in [4.78, 5) is 0. The van der Waals surface area contributed by atoms with Gasteiger partial charge in [-0.15, -0.1) is 0 Å². The van der Waals surface area contributed by atoms with E-state index < -0.39 is 0 Å². The summed E-state index contributed by atoms with van der Waals surface area (Å²) in [6.45, 7) is 5.94. The Balaban J connectivity index is 0.000000371. The van der Waals surface area contributed by atoms with Crippen LogP contribution in [0.15, 0.2) is 0 Å². The van der Waals surface area contributed by atoms with Gasteiger partial charge in [-0.25, -0.2) is 0 Å². The van der Waals surface area contributed by atoms with Crippen molar-refractivity contribution >= 4 is 0 Å². The average molecular weight is 144 g/mol. The molecule has 1 heteroatoms. The number of rotatable bonds is 0. The molecule has 0 aromatic rings. The smallest absolute Gasteiger partial charge is 0.0619 e. The fourth-order valence-corrected chi connectivity index (χ4v) is 1.31. The van der Waals surface area contributed by atoms with Crippen LogP contribution in [-0.2, 0) is 0 Å². The fraction of sp³-hybridized carbons (Fsp3) is 1.00. The highest BCUT2D eigenvalue weighted by molar-refractivity contribution is 4.76. The molecule has 1 saturated carbocycles. The zero-order valence-electron chi connectivity index (χ0n) is 7.48. The van der Waals surface area contributed by atoms with Crippen LogP contribution in [0.25, 0.3) is 0 Å². The van der Waals surface area contributed by atoms with Gasteiger partial charge in [0.15, 0.2) is 0 Å². The summed E-state index contributed by atoms with van der Waals surface area (Å²) >= 11 is 0. The Labute approximate surface area is 64.5 Å². The van der Waals surface area contributed by atoms with Gasteiger partial charge < -0.3 is 5.11 Å². The lowest BCUT2D eigenvalue weighted by molar-refractivity contribution is 0.0225. The topological polar surface area (TPSA) is 20.2 Å². The molecule has 1 fully saturated rings. The van der Waals surface area contributed by atoms with E-state index in [9.17, 15) is 5.11 Å². The second-order valence-electron chi connectivity index (χ2n) is 3.06. The maximum atomic E-state index is 9.37. The van der Waals surface area contributed by atoms with Gasteiger partial charge in [0.1, 0.15) is 0 Å². The second kappa shape index (κ2) is 4.73. The molecule has 1 aliphatic carbocycles. The molecule has 10 heavy (non-hydrogen) atoms. The van der Waals surface area contributed by atoms with Crippen LogP contribution in [0, 0.1) is 0 Å². The summed E-state index contributed by atoms with van der Waals surface area (Å²) in [6, 6.07) is 0. The van der Waals surface area contributed by atoms with Crippen LogP contribution in [0.4, 0.5) is 0 Å². The predicted molar refractivity (Wildman–Crippen MR) is 45.1 cm³/mol. The van der Waals surface area contributed by atoms with Crippen molar-refractivity contribution < 1.29 is 5.11 Å². The van der Waals surface area contributed by atoms with Crippen molar-refractivity contribution in [1.29, 1.82) is 0 Å². The molecule has 1 rings (SSSR count). The summed E-state index contributed by atoms with van der Waals surface area (Å²) < 4.78 is 0. The second-order valence-corrected chi connectivity index (χ2v) is 3.06. The van der Waals surface area contributed by atoms with Crippen LogP contribution in [0.2, 0.25) is 0 Å². The lowest BCUT2D eigenvalue weighted by atomic mass is 9.87.